The van der Waals surface area contributed by atoms with Crippen LogP contribution < -0.4 is 15.4 Å². The highest BCUT2D eigenvalue weighted by molar-refractivity contribution is 14.1. The molecule has 1 saturated heterocycles. The molecule has 138 valence electrons. The smallest absolute Gasteiger partial charge is 0.260 e. The highest BCUT2D eigenvalue weighted by atomic mass is 127. The van der Waals surface area contributed by atoms with Gasteiger partial charge in [-0.05, 0) is 70.5 Å². The summed E-state index contributed by atoms with van der Waals surface area (Å²) in [5.41, 5.74) is 2.96. The number of nitrogens with zero attached hydrogens (tertiary/aromatic N) is 1. The maximum Gasteiger partial charge on any atom is 0.260 e. The van der Waals surface area contributed by atoms with Gasteiger partial charge in [-0.25, -0.2) is 0 Å². The van der Waals surface area contributed by atoms with Gasteiger partial charge in [-0.15, -0.1) is 0 Å². The van der Waals surface area contributed by atoms with Crippen LogP contribution >= 0.6 is 34.4 Å². The number of thioether (sulfide) groups is 1. The molecule has 1 heterocycles. The molecular weight excluding hydrogens is 473 g/mol. The van der Waals surface area contributed by atoms with Gasteiger partial charge in [0.05, 0.1) is 8.48 Å². The fourth-order valence-corrected chi connectivity index (χ4v) is 4.22. The number of carbonyl (C=O) groups excluding carboxylic acids is 1. The monoisotopic (exact) mass is 491 g/mol. The number of rotatable bonds is 6. The molecule has 0 saturated carbocycles. The summed E-state index contributed by atoms with van der Waals surface area (Å²) in [6.07, 6.45) is 2.86. The number of nitrogens with one attached hydrogen (secondary N) is 2. The van der Waals surface area contributed by atoms with Crippen LogP contribution in [0.2, 0.25) is 0 Å². The van der Waals surface area contributed by atoms with Crippen molar-refractivity contribution < 1.29 is 9.53 Å². The number of ether oxygens (including phenoxy) is 1. The average Bonchev–Trinajstić information content (AvgIpc) is 3.00. The Hall–Kier alpha value is -2.18. The van der Waals surface area contributed by atoms with E-state index in [9.17, 15) is 4.79 Å². The summed E-state index contributed by atoms with van der Waals surface area (Å²) >= 11 is 3.61. The van der Waals surface area contributed by atoms with Crippen molar-refractivity contribution in [3.05, 3.63) is 62.1 Å². The Morgan fingerprint density at radius 3 is 2.78 bits per heavy atom. The van der Waals surface area contributed by atoms with Gasteiger partial charge in [-0.1, -0.05) is 36.9 Å². The third kappa shape index (κ3) is 5.17. The molecule has 1 aliphatic rings. The lowest BCUT2D eigenvalue weighted by Crippen LogP contribution is -2.30. The van der Waals surface area contributed by atoms with Gasteiger partial charge < -0.3 is 15.4 Å². The molecule has 3 rings (SSSR count). The van der Waals surface area contributed by atoms with E-state index >= 15 is 0 Å². The molecule has 0 unspecified atom stereocenters. The summed E-state index contributed by atoms with van der Waals surface area (Å²) in [6.45, 7) is 2.14. The number of hydrogen-bond donors (Lipinski definition) is 2. The maximum atomic E-state index is 12.3. The molecule has 0 bridgehead atoms. The number of nitriles is 1. The van der Waals surface area contributed by atoms with Crippen molar-refractivity contribution >= 4 is 52.0 Å². The number of amides is 1. The molecular formula is C20H18IN3O2S. The van der Waals surface area contributed by atoms with Crippen molar-refractivity contribution in [3.63, 3.8) is 0 Å². The molecule has 5 nitrogen and oxygen atoms in total. The summed E-state index contributed by atoms with van der Waals surface area (Å²) in [5.74, 6) is 0.570. The zero-order chi connectivity index (χ0) is 19.2. The SMILES string of the molecule is CCc1ccc(N[C@H]2NC(=O)/C(=C/c3ccc(OCC#N)c(I)c3)S2)cc1. The number of aryl methyl sites for hydroxylation is 1. The quantitative estimate of drug-likeness (QED) is 0.464. The molecule has 0 aromatic heterocycles. The van der Waals surface area contributed by atoms with E-state index in [-0.39, 0.29) is 18.0 Å². The first-order valence-electron chi connectivity index (χ1n) is 8.43. The number of benzene rings is 2. The lowest BCUT2D eigenvalue weighted by atomic mass is 10.1. The molecule has 1 fully saturated rings. The molecule has 1 atom stereocenters. The molecule has 0 spiro atoms. The van der Waals surface area contributed by atoms with Crippen molar-refractivity contribution in [1.82, 2.24) is 5.32 Å². The van der Waals surface area contributed by atoms with Crippen molar-refractivity contribution in [3.8, 4) is 11.8 Å². The highest BCUT2D eigenvalue weighted by Gasteiger charge is 2.27. The average molecular weight is 491 g/mol. The lowest BCUT2D eigenvalue weighted by Gasteiger charge is -2.12. The van der Waals surface area contributed by atoms with Gasteiger partial charge >= 0.3 is 0 Å². The standard InChI is InChI=1S/C20H18IN3O2S/c1-2-13-3-6-15(7-4-13)23-20-24-19(25)18(27-20)12-14-5-8-17(16(21)11-14)26-10-9-22/h3-8,11-12,20,23H,2,10H2,1H3,(H,24,25)/b18-12-/t20-/m0/s1. The highest BCUT2D eigenvalue weighted by Crippen LogP contribution is 2.31. The topological polar surface area (TPSA) is 74.2 Å². The minimum Gasteiger partial charge on any atom is -0.478 e. The van der Waals surface area contributed by atoms with Crippen LogP contribution in [0, 0.1) is 14.9 Å². The fraction of sp³-hybridized carbons (Fsp3) is 0.200. The van der Waals surface area contributed by atoms with E-state index in [1.54, 1.807) is 0 Å². The van der Waals surface area contributed by atoms with E-state index in [0.29, 0.717) is 10.7 Å². The van der Waals surface area contributed by atoms with Crippen LogP contribution in [-0.4, -0.2) is 18.0 Å². The molecule has 2 N–H and O–H groups in total. The summed E-state index contributed by atoms with van der Waals surface area (Å²) < 4.78 is 6.24. The Morgan fingerprint density at radius 1 is 1.33 bits per heavy atom. The van der Waals surface area contributed by atoms with Crippen molar-refractivity contribution in [2.75, 3.05) is 11.9 Å². The first-order chi connectivity index (χ1) is 13.1. The van der Waals surface area contributed by atoms with E-state index in [2.05, 4.69) is 52.3 Å². The van der Waals surface area contributed by atoms with Crippen LogP contribution in [-0.2, 0) is 11.2 Å². The third-order valence-electron chi connectivity index (χ3n) is 3.94. The fourth-order valence-electron chi connectivity index (χ4n) is 2.54. The molecule has 27 heavy (non-hydrogen) atoms. The zero-order valence-corrected chi connectivity index (χ0v) is 17.6. The Balaban J connectivity index is 1.67. The van der Waals surface area contributed by atoms with Crippen molar-refractivity contribution in [2.24, 2.45) is 0 Å². The number of carbonyl (C=O) groups is 1. The van der Waals surface area contributed by atoms with Crippen LogP contribution in [0.3, 0.4) is 0 Å². The second-order valence-electron chi connectivity index (χ2n) is 5.81. The Kier molecular flexibility index (Phi) is 6.63. The number of hydrogen-bond acceptors (Lipinski definition) is 5. The van der Waals surface area contributed by atoms with Gasteiger partial charge in [0, 0.05) is 5.69 Å². The molecule has 2 aromatic rings. The first-order valence-corrected chi connectivity index (χ1v) is 10.4. The van der Waals surface area contributed by atoms with Crippen LogP contribution in [0.1, 0.15) is 18.1 Å². The van der Waals surface area contributed by atoms with Crippen LogP contribution in [0.5, 0.6) is 5.75 Å². The predicted molar refractivity (Wildman–Crippen MR) is 117 cm³/mol. The van der Waals surface area contributed by atoms with Crippen molar-refractivity contribution in [2.45, 2.75) is 18.8 Å². The second kappa shape index (κ2) is 9.15. The molecule has 1 aliphatic heterocycles. The van der Waals surface area contributed by atoms with Crippen molar-refractivity contribution in [1.29, 1.82) is 5.26 Å². The van der Waals surface area contributed by atoms with Gasteiger partial charge in [0.25, 0.3) is 5.91 Å². The summed E-state index contributed by atoms with van der Waals surface area (Å²) in [7, 11) is 0. The van der Waals surface area contributed by atoms with E-state index in [1.165, 1.54) is 17.3 Å². The summed E-state index contributed by atoms with van der Waals surface area (Å²) in [5, 5.41) is 14.9. The van der Waals surface area contributed by atoms with E-state index in [4.69, 9.17) is 10.00 Å². The minimum absolute atomic E-state index is 0.0152. The zero-order valence-electron chi connectivity index (χ0n) is 14.7. The predicted octanol–water partition coefficient (Wildman–Crippen LogP) is 4.36. The molecule has 0 aliphatic carbocycles. The van der Waals surface area contributed by atoms with Gasteiger partial charge in [0.2, 0.25) is 0 Å². The molecule has 1 amide bonds. The minimum atomic E-state index is -0.200. The normalized spacial score (nSPS) is 17.4. The van der Waals surface area contributed by atoms with E-state index in [1.807, 2.05) is 42.5 Å². The van der Waals surface area contributed by atoms with Crippen LogP contribution in [0.15, 0.2) is 47.4 Å². The number of halogens is 1. The molecule has 7 heteroatoms. The largest absolute Gasteiger partial charge is 0.478 e. The summed E-state index contributed by atoms with van der Waals surface area (Å²) in [4.78, 5) is 12.9. The Bertz CT molecular complexity index is 906. The number of anilines is 1. The lowest BCUT2D eigenvalue weighted by molar-refractivity contribution is -0.116. The first kappa shape index (κ1) is 19.6. The summed E-state index contributed by atoms with van der Waals surface area (Å²) in [6, 6.07) is 15.8. The van der Waals surface area contributed by atoms with Gasteiger partial charge in [0.1, 0.15) is 11.8 Å². The van der Waals surface area contributed by atoms with E-state index in [0.717, 1.165) is 21.2 Å². The Labute approximate surface area is 176 Å². The van der Waals surface area contributed by atoms with Crippen LogP contribution in [0.4, 0.5) is 5.69 Å². The van der Waals surface area contributed by atoms with Gasteiger partial charge in [0.15, 0.2) is 12.1 Å². The second-order valence-corrected chi connectivity index (χ2v) is 8.12. The van der Waals surface area contributed by atoms with Gasteiger partial charge in [-0.3, -0.25) is 4.79 Å². The molecule has 0 radical (unpaired) electrons. The third-order valence-corrected chi connectivity index (χ3v) is 5.81. The van der Waals surface area contributed by atoms with E-state index < -0.39 is 0 Å². The van der Waals surface area contributed by atoms with Crippen LogP contribution in [0.25, 0.3) is 6.08 Å². The van der Waals surface area contributed by atoms with Gasteiger partial charge in [-0.2, -0.15) is 5.26 Å². The maximum absolute atomic E-state index is 12.3. The Morgan fingerprint density at radius 2 is 2.11 bits per heavy atom. The molecule has 2 aromatic carbocycles.